The van der Waals surface area contributed by atoms with Gasteiger partial charge in [-0.15, -0.1) is 0 Å². The van der Waals surface area contributed by atoms with E-state index in [0.717, 1.165) is 19.4 Å². The summed E-state index contributed by atoms with van der Waals surface area (Å²) in [5, 5.41) is 0. The van der Waals surface area contributed by atoms with Gasteiger partial charge in [0.25, 0.3) is 0 Å². The molecule has 1 heterocycles. The van der Waals surface area contributed by atoms with E-state index in [4.69, 9.17) is 4.74 Å². The lowest BCUT2D eigenvalue weighted by Gasteiger charge is -2.24. The minimum absolute atomic E-state index is 0.0660. The smallest absolute Gasteiger partial charge is 0.161 e. The zero-order valence-corrected chi connectivity index (χ0v) is 6.51. The van der Waals surface area contributed by atoms with Crippen molar-refractivity contribution in [3.8, 4) is 0 Å². The highest BCUT2D eigenvalue weighted by molar-refractivity contribution is 5.98. The van der Waals surface area contributed by atoms with E-state index in [-0.39, 0.29) is 11.9 Å². The normalized spacial score (nSPS) is 37.5. The largest absolute Gasteiger partial charge is 0.373 e. The van der Waals surface area contributed by atoms with E-state index >= 15 is 0 Å². The van der Waals surface area contributed by atoms with E-state index in [2.05, 4.69) is 6.58 Å². The zero-order valence-electron chi connectivity index (χ0n) is 6.51. The fourth-order valence-corrected chi connectivity index (χ4v) is 1.97. The maximum atomic E-state index is 11.2. The minimum atomic E-state index is 0.0660. The van der Waals surface area contributed by atoms with Gasteiger partial charge in [0, 0.05) is 18.6 Å². The molecule has 0 radical (unpaired) electrons. The fourth-order valence-electron chi connectivity index (χ4n) is 1.97. The van der Waals surface area contributed by atoms with Crippen LogP contribution >= 0.6 is 0 Å². The molecular weight excluding hydrogens is 140 g/mol. The number of ketones is 1. The Balaban J connectivity index is 2.18. The molecule has 0 spiro atoms. The van der Waals surface area contributed by atoms with Crippen LogP contribution in [0, 0.1) is 5.92 Å². The Kier molecular flexibility index (Phi) is 1.57. The van der Waals surface area contributed by atoms with Crippen LogP contribution in [0.3, 0.4) is 0 Å². The molecular formula is C9H12O2. The molecule has 2 aliphatic rings. The summed E-state index contributed by atoms with van der Waals surface area (Å²) >= 11 is 0. The van der Waals surface area contributed by atoms with Crippen LogP contribution in [0.4, 0.5) is 0 Å². The molecule has 2 fully saturated rings. The van der Waals surface area contributed by atoms with E-state index in [1.54, 1.807) is 0 Å². The number of fused-ring (bicyclic) bond motifs is 1. The van der Waals surface area contributed by atoms with Crippen molar-refractivity contribution >= 4 is 5.78 Å². The van der Waals surface area contributed by atoms with Crippen molar-refractivity contribution in [1.29, 1.82) is 0 Å². The summed E-state index contributed by atoms with van der Waals surface area (Å²) in [7, 11) is 0. The van der Waals surface area contributed by atoms with E-state index in [9.17, 15) is 4.79 Å². The molecule has 0 unspecified atom stereocenters. The SMILES string of the molecule is C=C1C(=O)C[C@@H]2CCCO[C@H]12. The summed E-state index contributed by atoms with van der Waals surface area (Å²) in [6, 6.07) is 0. The third-order valence-corrected chi connectivity index (χ3v) is 2.59. The average Bonchev–Trinajstić information content (AvgIpc) is 2.30. The summed E-state index contributed by atoms with van der Waals surface area (Å²) < 4.78 is 5.46. The molecule has 2 atom stereocenters. The van der Waals surface area contributed by atoms with Gasteiger partial charge in [0.1, 0.15) is 0 Å². The van der Waals surface area contributed by atoms with Gasteiger partial charge in [-0.25, -0.2) is 0 Å². The highest BCUT2D eigenvalue weighted by atomic mass is 16.5. The molecule has 2 nitrogen and oxygen atoms in total. The molecule has 0 amide bonds. The average molecular weight is 152 g/mol. The third-order valence-electron chi connectivity index (χ3n) is 2.59. The lowest BCUT2D eigenvalue weighted by Crippen LogP contribution is -2.25. The van der Waals surface area contributed by atoms with Crippen LogP contribution in [0.2, 0.25) is 0 Å². The molecule has 1 saturated heterocycles. The Labute approximate surface area is 66.2 Å². The monoisotopic (exact) mass is 152 g/mol. The van der Waals surface area contributed by atoms with Gasteiger partial charge < -0.3 is 4.74 Å². The predicted molar refractivity (Wildman–Crippen MR) is 41.2 cm³/mol. The van der Waals surface area contributed by atoms with Crippen molar-refractivity contribution < 1.29 is 9.53 Å². The molecule has 0 bridgehead atoms. The van der Waals surface area contributed by atoms with Gasteiger partial charge in [0.05, 0.1) is 6.10 Å². The van der Waals surface area contributed by atoms with Gasteiger partial charge in [0.2, 0.25) is 0 Å². The molecule has 1 aliphatic carbocycles. The fraction of sp³-hybridized carbons (Fsp3) is 0.667. The van der Waals surface area contributed by atoms with Gasteiger partial charge in [-0.1, -0.05) is 6.58 Å². The van der Waals surface area contributed by atoms with E-state index < -0.39 is 0 Å². The summed E-state index contributed by atoms with van der Waals surface area (Å²) in [5.74, 6) is 0.658. The second-order valence-corrected chi connectivity index (χ2v) is 3.35. The van der Waals surface area contributed by atoms with Crippen molar-refractivity contribution in [3.05, 3.63) is 12.2 Å². The number of hydrogen-bond acceptors (Lipinski definition) is 2. The highest BCUT2D eigenvalue weighted by Gasteiger charge is 2.38. The molecule has 0 aromatic heterocycles. The molecule has 2 rings (SSSR count). The molecule has 11 heavy (non-hydrogen) atoms. The maximum absolute atomic E-state index is 11.2. The molecule has 2 heteroatoms. The molecule has 0 N–H and O–H groups in total. The Morgan fingerprint density at radius 1 is 1.55 bits per heavy atom. The number of carbonyl (C=O) groups is 1. The standard InChI is InChI=1S/C9H12O2/c1-6-8(10)5-7-3-2-4-11-9(6)7/h7,9H,1-5H2/t7-,9+/m0/s1. The van der Waals surface area contributed by atoms with Crippen molar-refractivity contribution in [2.45, 2.75) is 25.4 Å². The molecule has 60 valence electrons. The van der Waals surface area contributed by atoms with Crippen molar-refractivity contribution in [3.63, 3.8) is 0 Å². The topological polar surface area (TPSA) is 26.3 Å². The molecule has 0 aromatic carbocycles. The maximum Gasteiger partial charge on any atom is 0.161 e. The number of hydrogen-bond donors (Lipinski definition) is 0. The van der Waals surface area contributed by atoms with Gasteiger partial charge in [-0.2, -0.15) is 0 Å². The molecule has 1 aliphatic heterocycles. The van der Waals surface area contributed by atoms with Gasteiger partial charge in [-0.05, 0) is 18.8 Å². The summed E-state index contributed by atoms with van der Waals surface area (Å²) in [6.07, 6.45) is 2.97. The van der Waals surface area contributed by atoms with Crippen LogP contribution in [-0.4, -0.2) is 18.5 Å². The van der Waals surface area contributed by atoms with Crippen LogP contribution in [0.15, 0.2) is 12.2 Å². The van der Waals surface area contributed by atoms with Crippen LogP contribution in [0.25, 0.3) is 0 Å². The van der Waals surface area contributed by atoms with Crippen LogP contribution in [0.5, 0.6) is 0 Å². The van der Waals surface area contributed by atoms with Crippen LogP contribution in [0.1, 0.15) is 19.3 Å². The van der Waals surface area contributed by atoms with Crippen LogP contribution in [-0.2, 0) is 9.53 Å². The molecule has 1 saturated carbocycles. The Hall–Kier alpha value is -0.630. The van der Waals surface area contributed by atoms with E-state index in [1.165, 1.54) is 0 Å². The van der Waals surface area contributed by atoms with Gasteiger partial charge in [-0.3, -0.25) is 4.79 Å². The Morgan fingerprint density at radius 3 is 3.09 bits per heavy atom. The second-order valence-electron chi connectivity index (χ2n) is 3.35. The summed E-state index contributed by atoms with van der Waals surface area (Å²) in [4.78, 5) is 11.2. The van der Waals surface area contributed by atoms with Crippen molar-refractivity contribution in [2.75, 3.05) is 6.61 Å². The van der Waals surface area contributed by atoms with Gasteiger partial charge >= 0.3 is 0 Å². The zero-order chi connectivity index (χ0) is 7.84. The van der Waals surface area contributed by atoms with Crippen molar-refractivity contribution in [1.82, 2.24) is 0 Å². The van der Waals surface area contributed by atoms with Crippen molar-refractivity contribution in [2.24, 2.45) is 5.92 Å². The quantitative estimate of drug-likeness (QED) is 0.489. The Bertz CT molecular complexity index is 208. The van der Waals surface area contributed by atoms with E-state index in [0.29, 0.717) is 17.9 Å². The first kappa shape index (κ1) is 7.04. The summed E-state index contributed by atoms with van der Waals surface area (Å²) in [5.41, 5.74) is 0.703. The number of Topliss-reactive ketones (excluding diaryl/α,β-unsaturated/α-hetero) is 1. The first-order valence-corrected chi connectivity index (χ1v) is 4.12. The lowest BCUT2D eigenvalue weighted by atomic mass is 9.97. The predicted octanol–water partition coefficient (Wildman–Crippen LogP) is 1.31. The van der Waals surface area contributed by atoms with Gasteiger partial charge in [0.15, 0.2) is 5.78 Å². The number of ether oxygens (including phenoxy) is 1. The summed E-state index contributed by atoms with van der Waals surface area (Å²) in [6.45, 7) is 4.54. The minimum Gasteiger partial charge on any atom is -0.373 e. The molecule has 0 aromatic rings. The van der Waals surface area contributed by atoms with Crippen LogP contribution < -0.4 is 0 Å². The first-order chi connectivity index (χ1) is 5.29. The second kappa shape index (κ2) is 2.45. The third kappa shape index (κ3) is 1.02. The lowest BCUT2D eigenvalue weighted by molar-refractivity contribution is -0.114. The Morgan fingerprint density at radius 2 is 2.36 bits per heavy atom. The number of rotatable bonds is 0. The van der Waals surface area contributed by atoms with E-state index in [1.807, 2.05) is 0 Å². The highest BCUT2D eigenvalue weighted by Crippen LogP contribution is 2.35. The number of carbonyl (C=O) groups excluding carboxylic acids is 1. The first-order valence-electron chi connectivity index (χ1n) is 4.12.